The van der Waals surface area contributed by atoms with Crippen LogP contribution in [-0.2, 0) is 4.79 Å². The number of carbonyl (C=O) groups is 1. The van der Waals surface area contributed by atoms with Crippen molar-refractivity contribution in [2.45, 2.75) is 39.5 Å². The number of hydrogen-bond donors (Lipinski definition) is 1. The first-order valence-electron chi connectivity index (χ1n) is 8.12. The highest BCUT2D eigenvalue weighted by Gasteiger charge is 2.18. The number of hydrogen-bond acceptors (Lipinski definition) is 3. The van der Waals surface area contributed by atoms with E-state index >= 15 is 0 Å². The number of rotatable bonds is 8. The monoisotopic (exact) mass is 319 g/mol. The number of amides is 1. The normalized spacial score (nSPS) is 16.1. The van der Waals surface area contributed by atoms with Crippen molar-refractivity contribution in [2.24, 2.45) is 11.8 Å². The van der Waals surface area contributed by atoms with Crippen LogP contribution >= 0.6 is 12.4 Å². The predicted octanol–water partition coefficient (Wildman–Crippen LogP) is 2.23. The zero-order valence-corrected chi connectivity index (χ0v) is 15.0. The van der Waals surface area contributed by atoms with E-state index in [0.717, 1.165) is 51.5 Å². The third-order valence-corrected chi connectivity index (χ3v) is 3.98. The third kappa shape index (κ3) is 9.33. The van der Waals surface area contributed by atoms with Gasteiger partial charge in [0.15, 0.2) is 0 Å². The quantitative estimate of drug-likeness (QED) is 0.745. The van der Waals surface area contributed by atoms with Gasteiger partial charge in [-0.15, -0.1) is 12.4 Å². The lowest BCUT2D eigenvalue weighted by Gasteiger charge is -2.28. The molecule has 0 aromatic rings. The Morgan fingerprint density at radius 1 is 1.19 bits per heavy atom. The van der Waals surface area contributed by atoms with Gasteiger partial charge in [0, 0.05) is 26.1 Å². The molecule has 126 valence electrons. The van der Waals surface area contributed by atoms with Crippen LogP contribution in [0.25, 0.3) is 0 Å². The van der Waals surface area contributed by atoms with Gasteiger partial charge in [0.05, 0.1) is 0 Å². The van der Waals surface area contributed by atoms with Crippen molar-refractivity contribution < 1.29 is 4.79 Å². The first kappa shape index (κ1) is 20.7. The van der Waals surface area contributed by atoms with E-state index in [9.17, 15) is 4.79 Å². The van der Waals surface area contributed by atoms with Gasteiger partial charge >= 0.3 is 0 Å². The Balaban J connectivity index is 0.00000400. The van der Waals surface area contributed by atoms with Gasteiger partial charge in [-0.3, -0.25) is 4.79 Å². The molecule has 1 N–H and O–H groups in total. The van der Waals surface area contributed by atoms with Crippen LogP contribution in [0.4, 0.5) is 0 Å². The molecule has 1 saturated heterocycles. The van der Waals surface area contributed by atoms with Crippen LogP contribution in [0.1, 0.15) is 39.5 Å². The molecule has 1 rings (SSSR count). The molecule has 4 nitrogen and oxygen atoms in total. The number of likely N-dealkylation sites (N-methyl/N-ethyl adjacent to an activating group) is 1. The molecule has 0 radical (unpaired) electrons. The maximum atomic E-state index is 12.4. The van der Waals surface area contributed by atoms with Crippen LogP contribution in [0.3, 0.4) is 0 Å². The van der Waals surface area contributed by atoms with E-state index in [0.29, 0.717) is 11.8 Å². The summed E-state index contributed by atoms with van der Waals surface area (Å²) < 4.78 is 0. The summed E-state index contributed by atoms with van der Waals surface area (Å²) >= 11 is 0. The molecule has 0 aliphatic carbocycles. The summed E-state index contributed by atoms with van der Waals surface area (Å²) in [6.07, 6.45) is 4.26. The van der Waals surface area contributed by atoms with Gasteiger partial charge in [0.2, 0.25) is 5.91 Å². The number of carbonyl (C=O) groups excluding carboxylic acids is 1. The van der Waals surface area contributed by atoms with Gasteiger partial charge in [-0.25, -0.2) is 0 Å². The van der Waals surface area contributed by atoms with Gasteiger partial charge in [0.25, 0.3) is 0 Å². The van der Waals surface area contributed by atoms with Crippen LogP contribution in [0.5, 0.6) is 0 Å². The van der Waals surface area contributed by atoms with Crippen molar-refractivity contribution in [3.63, 3.8) is 0 Å². The average molecular weight is 320 g/mol. The zero-order chi connectivity index (χ0) is 15.0. The van der Waals surface area contributed by atoms with Gasteiger partial charge < -0.3 is 15.1 Å². The summed E-state index contributed by atoms with van der Waals surface area (Å²) in [5.74, 6) is 1.63. The standard InChI is InChI=1S/C16H33N3O.ClH/c1-14(2)13-19(12-11-18(3)4)16(20)6-5-15-7-9-17-10-8-15;/h14-15,17H,5-13H2,1-4H3;1H. The van der Waals surface area contributed by atoms with E-state index in [1.54, 1.807) is 0 Å². The summed E-state index contributed by atoms with van der Waals surface area (Å²) in [4.78, 5) is 16.6. The highest BCUT2D eigenvalue weighted by atomic mass is 35.5. The zero-order valence-electron chi connectivity index (χ0n) is 14.2. The minimum Gasteiger partial charge on any atom is -0.341 e. The van der Waals surface area contributed by atoms with Crippen LogP contribution in [0.2, 0.25) is 0 Å². The molecule has 0 saturated carbocycles. The Morgan fingerprint density at radius 3 is 2.33 bits per heavy atom. The predicted molar refractivity (Wildman–Crippen MR) is 92.0 cm³/mol. The molecule has 1 aliphatic heterocycles. The second-order valence-corrected chi connectivity index (χ2v) is 6.77. The lowest BCUT2D eigenvalue weighted by atomic mass is 9.93. The average Bonchev–Trinajstić information content (AvgIpc) is 2.41. The fraction of sp³-hybridized carbons (Fsp3) is 0.938. The maximum absolute atomic E-state index is 12.4. The molecule has 21 heavy (non-hydrogen) atoms. The topological polar surface area (TPSA) is 35.6 Å². The second-order valence-electron chi connectivity index (χ2n) is 6.77. The van der Waals surface area contributed by atoms with Crippen molar-refractivity contribution >= 4 is 18.3 Å². The molecule has 1 heterocycles. The molecule has 0 unspecified atom stereocenters. The lowest BCUT2D eigenvalue weighted by Crippen LogP contribution is -2.39. The van der Waals surface area contributed by atoms with Gasteiger partial charge in [-0.1, -0.05) is 13.8 Å². The summed E-state index contributed by atoms with van der Waals surface area (Å²) in [7, 11) is 4.13. The molecule has 0 atom stereocenters. The number of nitrogens with one attached hydrogen (secondary N) is 1. The van der Waals surface area contributed by atoms with Crippen molar-refractivity contribution in [2.75, 3.05) is 46.8 Å². The second kappa shape index (κ2) is 11.3. The Kier molecular flexibility index (Phi) is 11.1. The molecule has 0 bridgehead atoms. The minimum atomic E-state index is 0. The highest BCUT2D eigenvalue weighted by Crippen LogP contribution is 2.18. The van der Waals surface area contributed by atoms with Crippen LogP contribution < -0.4 is 5.32 Å². The van der Waals surface area contributed by atoms with Crippen LogP contribution in [-0.4, -0.2) is 62.5 Å². The third-order valence-electron chi connectivity index (χ3n) is 3.98. The molecule has 1 amide bonds. The molecule has 0 aromatic carbocycles. The van der Waals surface area contributed by atoms with E-state index in [1.165, 1.54) is 12.8 Å². The summed E-state index contributed by atoms with van der Waals surface area (Å²) in [6.45, 7) is 9.30. The van der Waals surface area contributed by atoms with E-state index in [1.807, 2.05) is 0 Å². The fourth-order valence-corrected chi connectivity index (χ4v) is 2.74. The molecular weight excluding hydrogens is 286 g/mol. The summed E-state index contributed by atoms with van der Waals surface area (Å²) in [5, 5.41) is 3.38. The van der Waals surface area contributed by atoms with E-state index in [4.69, 9.17) is 0 Å². The Labute approximate surface area is 137 Å². The van der Waals surface area contributed by atoms with E-state index in [-0.39, 0.29) is 12.4 Å². The first-order valence-corrected chi connectivity index (χ1v) is 8.12. The maximum Gasteiger partial charge on any atom is 0.222 e. The van der Waals surface area contributed by atoms with Gasteiger partial charge in [-0.05, 0) is 58.3 Å². The fourth-order valence-electron chi connectivity index (χ4n) is 2.74. The smallest absolute Gasteiger partial charge is 0.222 e. The molecule has 1 fully saturated rings. The molecule has 0 spiro atoms. The Bertz CT molecular complexity index is 279. The van der Waals surface area contributed by atoms with E-state index in [2.05, 4.69) is 43.1 Å². The molecular formula is C16H34ClN3O. The van der Waals surface area contributed by atoms with Crippen molar-refractivity contribution in [1.29, 1.82) is 0 Å². The Hall–Kier alpha value is -0.320. The van der Waals surface area contributed by atoms with Gasteiger partial charge in [-0.2, -0.15) is 0 Å². The number of halogens is 1. The van der Waals surface area contributed by atoms with Crippen molar-refractivity contribution in [3.8, 4) is 0 Å². The van der Waals surface area contributed by atoms with Crippen LogP contribution in [0.15, 0.2) is 0 Å². The van der Waals surface area contributed by atoms with Gasteiger partial charge in [0.1, 0.15) is 0 Å². The highest BCUT2D eigenvalue weighted by molar-refractivity contribution is 5.85. The Morgan fingerprint density at radius 2 is 1.81 bits per heavy atom. The van der Waals surface area contributed by atoms with Crippen molar-refractivity contribution in [1.82, 2.24) is 15.1 Å². The largest absolute Gasteiger partial charge is 0.341 e. The first-order chi connectivity index (χ1) is 9.49. The molecule has 5 heteroatoms. The van der Waals surface area contributed by atoms with E-state index < -0.39 is 0 Å². The lowest BCUT2D eigenvalue weighted by molar-refractivity contribution is -0.132. The molecule has 1 aliphatic rings. The van der Waals surface area contributed by atoms with Crippen molar-refractivity contribution in [3.05, 3.63) is 0 Å². The number of piperidine rings is 1. The minimum absolute atomic E-state index is 0. The SMILES string of the molecule is CC(C)CN(CCN(C)C)C(=O)CCC1CCNCC1.Cl. The number of nitrogens with zero attached hydrogens (tertiary/aromatic N) is 2. The molecule has 0 aromatic heterocycles. The summed E-state index contributed by atoms with van der Waals surface area (Å²) in [6, 6.07) is 0. The van der Waals surface area contributed by atoms with Crippen LogP contribution in [0, 0.1) is 11.8 Å². The summed E-state index contributed by atoms with van der Waals surface area (Å²) in [5.41, 5.74) is 0.